The van der Waals surface area contributed by atoms with E-state index in [1.165, 1.54) is 10.9 Å². The number of aromatic nitrogens is 1. The van der Waals surface area contributed by atoms with Crippen molar-refractivity contribution in [1.29, 1.82) is 0 Å². The van der Waals surface area contributed by atoms with Crippen molar-refractivity contribution in [2.24, 2.45) is 0 Å². The van der Waals surface area contributed by atoms with Crippen LogP contribution in [0, 0.1) is 6.92 Å². The Morgan fingerprint density at radius 2 is 2.12 bits per heavy atom. The summed E-state index contributed by atoms with van der Waals surface area (Å²) in [4.78, 5) is 16.7. The van der Waals surface area contributed by atoms with Gasteiger partial charge in [0.25, 0.3) is 0 Å². The van der Waals surface area contributed by atoms with Crippen LogP contribution < -0.4 is 0 Å². The number of carbonyl (C=O) groups excluding carboxylic acids is 1. The average molecular weight is 214 g/mol. The first-order valence-corrected chi connectivity index (χ1v) is 5.21. The highest BCUT2D eigenvalue weighted by molar-refractivity contribution is 5.82. The lowest BCUT2D eigenvalue weighted by atomic mass is 10.1. The van der Waals surface area contributed by atoms with Crippen molar-refractivity contribution in [1.82, 2.24) is 9.88 Å². The zero-order valence-corrected chi connectivity index (χ0v) is 9.47. The molecule has 1 heterocycles. The topological polar surface area (TPSA) is 33.2 Å². The molecule has 0 saturated heterocycles. The van der Waals surface area contributed by atoms with Gasteiger partial charge >= 0.3 is 0 Å². The number of hydrogen-bond donors (Lipinski definition) is 0. The van der Waals surface area contributed by atoms with Gasteiger partial charge in [-0.1, -0.05) is 18.2 Å². The lowest BCUT2D eigenvalue weighted by Gasteiger charge is -2.11. The first kappa shape index (κ1) is 10.6. The Kier molecular flexibility index (Phi) is 2.86. The maximum atomic E-state index is 10.6. The number of benzene rings is 1. The van der Waals surface area contributed by atoms with Crippen LogP contribution in [-0.2, 0) is 11.3 Å². The van der Waals surface area contributed by atoms with Crippen molar-refractivity contribution in [3.8, 4) is 0 Å². The molecule has 2 aromatic rings. The third-order valence-corrected chi connectivity index (χ3v) is 2.57. The monoisotopic (exact) mass is 214 g/mol. The molecule has 0 fully saturated rings. The molecular weight excluding hydrogens is 200 g/mol. The van der Waals surface area contributed by atoms with E-state index < -0.39 is 0 Å². The molecule has 3 nitrogen and oxygen atoms in total. The molecule has 0 N–H and O–H groups in total. The van der Waals surface area contributed by atoms with E-state index in [0.717, 1.165) is 17.6 Å². The molecule has 0 aliphatic carbocycles. The van der Waals surface area contributed by atoms with Crippen molar-refractivity contribution in [3.63, 3.8) is 0 Å². The van der Waals surface area contributed by atoms with Gasteiger partial charge < -0.3 is 4.90 Å². The highest BCUT2D eigenvalue weighted by atomic mass is 16.1. The minimum absolute atomic E-state index is 0.551. The van der Waals surface area contributed by atoms with E-state index >= 15 is 0 Å². The first-order valence-electron chi connectivity index (χ1n) is 5.21. The summed E-state index contributed by atoms with van der Waals surface area (Å²) in [6.45, 7) is 2.61. The van der Waals surface area contributed by atoms with Crippen molar-refractivity contribution in [2.45, 2.75) is 13.5 Å². The third-order valence-electron chi connectivity index (χ3n) is 2.57. The molecule has 1 aromatic heterocycles. The van der Waals surface area contributed by atoms with Crippen LogP contribution in [0.4, 0.5) is 0 Å². The van der Waals surface area contributed by atoms with E-state index in [1.807, 2.05) is 24.3 Å². The molecule has 0 spiro atoms. The SMILES string of the molecule is Cc1cc(CN(C)C=O)nc2ccccc12. The van der Waals surface area contributed by atoms with Gasteiger partial charge in [0.05, 0.1) is 17.8 Å². The predicted octanol–water partition coefficient (Wildman–Crippen LogP) is 2.13. The number of hydrogen-bond acceptors (Lipinski definition) is 2. The Morgan fingerprint density at radius 1 is 1.38 bits per heavy atom. The molecule has 0 saturated carbocycles. The fourth-order valence-electron chi connectivity index (χ4n) is 1.79. The molecule has 1 aromatic carbocycles. The summed E-state index contributed by atoms with van der Waals surface area (Å²) in [5, 5.41) is 1.17. The Bertz CT molecular complexity index is 522. The van der Waals surface area contributed by atoms with Crippen LogP contribution in [0.25, 0.3) is 10.9 Å². The molecule has 3 heteroatoms. The van der Waals surface area contributed by atoms with Crippen molar-refractivity contribution >= 4 is 17.3 Å². The number of rotatable bonds is 3. The fraction of sp³-hybridized carbons (Fsp3) is 0.231. The van der Waals surface area contributed by atoms with Gasteiger partial charge in [-0.25, -0.2) is 0 Å². The lowest BCUT2D eigenvalue weighted by Crippen LogP contribution is -2.16. The van der Waals surface area contributed by atoms with E-state index in [9.17, 15) is 4.79 Å². The third kappa shape index (κ3) is 2.03. The summed E-state index contributed by atoms with van der Waals surface area (Å²) in [6, 6.07) is 10.1. The number of para-hydroxylation sites is 1. The largest absolute Gasteiger partial charge is 0.342 e. The highest BCUT2D eigenvalue weighted by Gasteiger charge is 2.03. The van der Waals surface area contributed by atoms with Crippen LogP contribution in [0.1, 0.15) is 11.3 Å². The molecule has 0 unspecified atom stereocenters. The van der Waals surface area contributed by atoms with Gasteiger partial charge in [0.2, 0.25) is 6.41 Å². The van der Waals surface area contributed by atoms with Crippen LogP contribution in [0.3, 0.4) is 0 Å². The van der Waals surface area contributed by atoms with Crippen LogP contribution >= 0.6 is 0 Å². The van der Waals surface area contributed by atoms with Gasteiger partial charge in [0.15, 0.2) is 0 Å². The molecule has 1 amide bonds. The quantitative estimate of drug-likeness (QED) is 0.733. The van der Waals surface area contributed by atoms with Crippen LogP contribution in [0.15, 0.2) is 30.3 Å². The van der Waals surface area contributed by atoms with Gasteiger partial charge in [-0.15, -0.1) is 0 Å². The molecule has 82 valence electrons. The molecule has 0 aliphatic rings. The number of carbonyl (C=O) groups is 1. The second-order valence-electron chi connectivity index (χ2n) is 3.97. The second-order valence-corrected chi connectivity index (χ2v) is 3.97. The fourth-order valence-corrected chi connectivity index (χ4v) is 1.79. The number of nitrogens with zero attached hydrogens (tertiary/aromatic N) is 2. The van der Waals surface area contributed by atoms with Gasteiger partial charge in [-0.05, 0) is 24.6 Å². The minimum Gasteiger partial charge on any atom is -0.342 e. The summed E-state index contributed by atoms with van der Waals surface area (Å²) < 4.78 is 0. The van der Waals surface area contributed by atoms with Crippen molar-refractivity contribution in [2.75, 3.05) is 7.05 Å². The Balaban J connectivity index is 2.45. The van der Waals surface area contributed by atoms with E-state index in [2.05, 4.69) is 18.0 Å². The molecule has 0 aliphatic heterocycles. The van der Waals surface area contributed by atoms with Gasteiger partial charge in [-0.2, -0.15) is 0 Å². The molecule has 16 heavy (non-hydrogen) atoms. The lowest BCUT2D eigenvalue weighted by molar-refractivity contribution is -0.117. The summed E-state index contributed by atoms with van der Waals surface area (Å²) >= 11 is 0. The maximum absolute atomic E-state index is 10.6. The highest BCUT2D eigenvalue weighted by Crippen LogP contribution is 2.17. The second kappa shape index (κ2) is 4.31. The zero-order valence-electron chi connectivity index (χ0n) is 9.47. The summed E-state index contributed by atoms with van der Waals surface area (Å²) in [5.41, 5.74) is 3.10. The number of pyridine rings is 1. The van der Waals surface area contributed by atoms with Crippen molar-refractivity contribution in [3.05, 3.63) is 41.6 Å². The Hall–Kier alpha value is -1.90. The Morgan fingerprint density at radius 3 is 2.88 bits per heavy atom. The number of amides is 1. The summed E-state index contributed by atoms with van der Waals surface area (Å²) in [6.07, 6.45) is 0.812. The smallest absolute Gasteiger partial charge is 0.209 e. The predicted molar refractivity (Wildman–Crippen MR) is 64.0 cm³/mol. The summed E-state index contributed by atoms with van der Waals surface area (Å²) in [7, 11) is 1.75. The molecule has 2 rings (SSSR count). The van der Waals surface area contributed by atoms with E-state index in [0.29, 0.717) is 6.54 Å². The minimum atomic E-state index is 0.551. The standard InChI is InChI=1S/C13H14N2O/c1-10-7-11(8-15(2)9-16)14-13-6-4-3-5-12(10)13/h3-7,9H,8H2,1-2H3. The Labute approximate surface area is 94.7 Å². The van der Waals surface area contributed by atoms with Crippen LogP contribution in [0.2, 0.25) is 0 Å². The van der Waals surface area contributed by atoms with Crippen LogP contribution in [-0.4, -0.2) is 23.3 Å². The van der Waals surface area contributed by atoms with Gasteiger partial charge in [-0.3, -0.25) is 9.78 Å². The van der Waals surface area contributed by atoms with E-state index in [-0.39, 0.29) is 0 Å². The van der Waals surface area contributed by atoms with Gasteiger partial charge in [0.1, 0.15) is 0 Å². The zero-order chi connectivity index (χ0) is 11.5. The first-order chi connectivity index (χ1) is 7.70. The van der Waals surface area contributed by atoms with E-state index in [1.54, 1.807) is 11.9 Å². The van der Waals surface area contributed by atoms with E-state index in [4.69, 9.17) is 0 Å². The average Bonchev–Trinajstić information content (AvgIpc) is 2.29. The summed E-state index contributed by atoms with van der Waals surface area (Å²) in [5.74, 6) is 0. The number of aryl methyl sites for hydroxylation is 1. The molecular formula is C13H14N2O. The van der Waals surface area contributed by atoms with Gasteiger partial charge in [0, 0.05) is 12.4 Å². The normalized spacial score (nSPS) is 10.4. The molecule has 0 atom stereocenters. The number of fused-ring (bicyclic) bond motifs is 1. The molecule has 0 radical (unpaired) electrons. The van der Waals surface area contributed by atoms with Crippen LogP contribution in [0.5, 0.6) is 0 Å². The molecule has 0 bridgehead atoms. The van der Waals surface area contributed by atoms with Crippen molar-refractivity contribution < 1.29 is 4.79 Å². The maximum Gasteiger partial charge on any atom is 0.209 e.